The quantitative estimate of drug-likeness (QED) is 0.178. The van der Waals surface area contributed by atoms with Crippen molar-refractivity contribution in [3.63, 3.8) is 0 Å². The number of aliphatic hydroxyl groups is 2. The Morgan fingerprint density at radius 1 is 1.02 bits per heavy atom. The van der Waals surface area contributed by atoms with E-state index in [0.29, 0.717) is 42.5 Å². The normalized spacial score (nSPS) is 21.8. The van der Waals surface area contributed by atoms with Gasteiger partial charge in [-0.05, 0) is 72.2 Å². The van der Waals surface area contributed by atoms with E-state index in [1.54, 1.807) is 30.3 Å². The molecule has 5 rings (SSSR count). The summed E-state index contributed by atoms with van der Waals surface area (Å²) in [6.07, 6.45) is 2.58. The van der Waals surface area contributed by atoms with Gasteiger partial charge >= 0.3 is 0 Å². The van der Waals surface area contributed by atoms with Gasteiger partial charge in [0.2, 0.25) is 11.8 Å². The fourth-order valence-corrected chi connectivity index (χ4v) is 6.34. The summed E-state index contributed by atoms with van der Waals surface area (Å²) in [7, 11) is 0. The SMILES string of the molecule is CCC1=C([C@H](O)CC/C(=C/c2ccc(O)c(F)c2)c2ccccc2)[C@H](CO)[C@@H]2C(=O)N(c3ccccc3)C(=O)[C@@H]2C1. The Labute approximate surface area is 239 Å². The number of carbonyl (C=O) groups is 2. The van der Waals surface area contributed by atoms with Crippen LogP contribution in [0.4, 0.5) is 10.1 Å². The highest BCUT2D eigenvalue weighted by molar-refractivity contribution is 6.22. The molecule has 4 atom stereocenters. The van der Waals surface area contributed by atoms with E-state index in [4.69, 9.17) is 0 Å². The molecule has 0 radical (unpaired) electrons. The molecule has 2 amide bonds. The standard InChI is InChI=1S/C34H34FNO5/c1-2-22-19-26-32(34(41)36(33(26)40)25-11-7-4-8-12-25)27(20-37)31(22)30(39)16-14-24(23-9-5-3-6-10-23)17-21-13-15-29(38)28(35)18-21/h3-13,15,17-18,26-27,30,32,37-39H,2,14,16,19-20H2,1H3/b24-17-/t26-,27+,30-,32-/m1/s1. The Morgan fingerprint density at radius 3 is 2.34 bits per heavy atom. The summed E-state index contributed by atoms with van der Waals surface area (Å²) in [5.41, 5.74) is 4.42. The lowest BCUT2D eigenvalue weighted by molar-refractivity contribution is -0.123. The third-order valence-electron chi connectivity index (χ3n) is 8.33. The minimum absolute atomic E-state index is 0.264. The number of benzene rings is 3. The monoisotopic (exact) mass is 555 g/mol. The molecule has 0 saturated carbocycles. The van der Waals surface area contributed by atoms with Crippen molar-refractivity contribution in [2.75, 3.05) is 11.5 Å². The predicted molar refractivity (Wildman–Crippen MR) is 156 cm³/mol. The van der Waals surface area contributed by atoms with E-state index >= 15 is 0 Å². The number of carbonyl (C=O) groups excluding carboxylic acids is 2. The number of phenols is 1. The summed E-state index contributed by atoms with van der Waals surface area (Å²) in [5.74, 6) is -3.73. The van der Waals surface area contributed by atoms with Gasteiger partial charge in [0.25, 0.3) is 0 Å². The maximum Gasteiger partial charge on any atom is 0.238 e. The minimum Gasteiger partial charge on any atom is -0.505 e. The number of para-hydroxylation sites is 1. The summed E-state index contributed by atoms with van der Waals surface area (Å²) < 4.78 is 14.1. The van der Waals surface area contributed by atoms with Gasteiger partial charge in [0.1, 0.15) is 0 Å². The zero-order valence-electron chi connectivity index (χ0n) is 22.9. The zero-order valence-corrected chi connectivity index (χ0v) is 22.9. The van der Waals surface area contributed by atoms with Crippen LogP contribution in [0.15, 0.2) is 90.0 Å². The molecule has 212 valence electrons. The van der Waals surface area contributed by atoms with Crippen molar-refractivity contribution in [1.82, 2.24) is 0 Å². The molecule has 3 aromatic rings. The van der Waals surface area contributed by atoms with Crippen LogP contribution >= 0.6 is 0 Å². The first-order chi connectivity index (χ1) is 19.8. The van der Waals surface area contributed by atoms with Gasteiger partial charge in [0.05, 0.1) is 30.2 Å². The topological polar surface area (TPSA) is 98.1 Å². The summed E-state index contributed by atoms with van der Waals surface area (Å²) in [5, 5.41) is 31.7. The summed E-state index contributed by atoms with van der Waals surface area (Å²) in [6.45, 7) is 1.61. The van der Waals surface area contributed by atoms with Crippen LogP contribution in [0.3, 0.4) is 0 Å². The van der Waals surface area contributed by atoms with Crippen molar-refractivity contribution in [3.8, 4) is 5.75 Å². The van der Waals surface area contributed by atoms with Gasteiger partial charge in [-0.25, -0.2) is 4.39 Å². The fraction of sp³-hybridized carbons (Fsp3) is 0.294. The lowest BCUT2D eigenvalue weighted by Gasteiger charge is -2.36. The van der Waals surface area contributed by atoms with E-state index in [9.17, 15) is 29.3 Å². The number of aliphatic hydroxyl groups excluding tert-OH is 2. The van der Waals surface area contributed by atoms with Crippen molar-refractivity contribution in [3.05, 3.63) is 107 Å². The minimum atomic E-state index is -0.944. The Morgan fingerprint density at radius 2 is 1.71 bits per heavy atom. The smallest absolute Gasteiger partial charge is 0.238 e. The maximum absolute atomic E-state index is 14.1. The maximum atomic E-state index is 14.1. The highest BCUT2D eigenvalue weighted by atomic mass is 19.1. The van der Waals surface area contributed by atoms with Gasteiger partial charge in [-0.3, -0.25) is 14.5 Å². The fourth-order valence-electron chi connectivity index (χ4n) is 6.34. The van der Waals surface area contributed by atoms with Crippen molar-refractivity contribution in [2.24, 2.45) is 17.8 Å². The Kier molecular flexibility index (Phi) is 8.47. The molecular formula is C34H34FNO5. The first-order valence-electron chi connectivity index (χ1n) is 14.0. The number of imide groups is 1. The van der Waals surface area contributed by atoms with E-state index in [0.717, 1.165) is 16.7 Å². The highest BCUT2D eigenvalue weighted by Crippen LogP contribution is 2.48. The number of allylic oxidation sites excluding steroid dienone is 2. The average Bonchev–Trinajstić information content (AvgIpc) is 3.25. The van der Waals surface area contributed by atoms with E-state index < -0.39 is 35.4 Å². The van der Waals surface area contributed by atoms with Crippen LogP contribution in [-0.4, -0.2) is 39.8 Å². The number of hydrogen-bond acceptors (Lipinski definition) is 5. The number of aromatic hydroxyl groups is 1. The van der Waals surface area contributed by atoms with Crippen LogP contribution in [0.2, 0.25) is 0 Å². The predicted octanol–water partition coefficient (Wildman–Crippen LogP) is 5.74. The molecule has 0 aromatic heterocycles. The second kappa shape index (κ2) is 12.2. The lowest BCUT2D eigenvalue weighted by Crippen LogP contribution is -2.39. The van der Waals surface area contributed by atoms with Gasteiger partial charge in [0.15, 0.2) is 11.6 Å². The van der Waals surface area contributed by atoms with Crippen molar-refractivity contribution in [1.29, 1.82) is 0 Å². The number of amides is 2. The van der Waals surface area contributed by atoms with Crippen LogP contribution in [0, 0.1) is 23.6 Å². The van der Waals surface area contributed by atoms with E-state index in [-0.39, 0.29) is 18.4 Å². The second-order valence-electron chi connectivity index (χ2n) is 10.7. The highest BCUT2D eigenvalue weighted by Gasteiger charge is 2.55. The number of hydrogen-bond donors (Lipinski definition) is 3. The summed E-state index contributed by atoms with van der Waals surface area (Å²) >= 11 is 0. The molecule has 0 spiro atoms. The molecule has 3 N–H and O–H groups in total. The molecule has 2 aliphatic rings. The molecule has 1 fully saturated rings. The third kappa shape index (κ3) is 5.60. The van der Waals surface area contributed by atoms with Crippen LogP contribution in [-0.2, 0) is 9.59 Å². The third-order valence-corrected chi connectivity index (χ3v) is 8.33. The van der Waals surface area contributed by atoms with E-state index in [1.165, 1.54) is 17.0 Å². The van der Waals surface area contributed by atoms with Gasteiger partial charge in [-0.2, -0.15) is 0 Å². The van der Waals surface area contributed by atoms with Crippen molar-refractivity contribution >= 4 is 29.2 Å². The van der Waals surface area contributed by atoms with Gasteiger partial charge in [-0.1, -0.05) is 73.2 Å². The molecule has 1 aliphatic carbocycles. The van der Waals surface area contributed by atoms with Crippen LogP contribution in [0.5, 0.6) is 5.75 Å². The van der Waals surface area contributed by atoms with Gasteiger partial charge in [0, 0.05) is 5.92 Å². The molecule has 6 nitrogen and oxygen atoms in total. The molecule has 3 aromatic carbocycles. The number of nitrogens with zero attached hydrogens (tertiary/aromatic N) is 1. The summed E-state index contributed by atoms with van der Waals surface area (Å²) in [4.78, 5) is 28.3. The Balaban J connectivity index is 1.43. The number of halogens is 1. The number of anilines is 1. The van der Waals surface area contributed by atoms with E-state index in [2.05, 4.69) is 0 Å². The number of fused-ring (bicyclic) bond motifs is 1. The first kappa shape index (κ1) is 28.5. The van der Waals surface area contributed by atoms with Crippen LogP contribution in [0.1, 0.15) is 43.7 Å². The zero-order chi connectivity index (χ0) is 29.1. The average molecular weight is 556 g/mol. The van der Waals surface area contributed by atoms with Gasteiger partial charge < -0.3 is 15.3 Å². The van der Waals surface area contributed by atoms with Crippen LogP contribution in [0.25, 0.3) is 11.6 Å². The lowest BCUT2D eigenvalue weighted by atomic mass is 9.67. The van der Waals surface area contributed by atoms with E-state index in [1.807, 2.05) is 49.4 Å². The first-order valence-corrected chi connectivity index (χ1v) is 14.0. The molecule has 7 heteroatoms. The molecule has 1 aliphatic heterocycles. The van der Waals surface area contributed by atoms with Gasteiger partial charge in [-0.15, -0.1) is 0 Å². The Bertz CT molecular complexity index is 1480. The molecule has 0 bridgehead atoms. The number of phenolic OH excluding ortho intramolecular Hbond substituents is 1. The largest absolute Gasteiger partial charge is 0.505 e. The number of rotatable bonds is 9. The summed E-state index contributed by atoms with van der Waals surface area (Å²) in [6, 6.07) is 22.6. The molecule has 1 saturated heterocycles. The van der Waals surface area contributed by atoms with Crippen molar-refractivity contribution in [2.45, 2.75) is 38.7 Å². The molecule has 0 unspecified atom stereocenters. The second-order valence-corrected chi connectivity index (χ2v) is 10.7. The van der Waals surface area contributed by atoms with Crippen LogP contribution < -0.4 is 4.90 Å². The molecule has 1 heterocycles. The molecular weight excluding hydrogens is 521 g/mol. The molecule has 41 heavy (non-hydrogen) atoms. The Hall–Kier alpha value is -4.07. The van der Waals surface area contributed by atoms with Crippen molar-refractivity contribution < 1.29 is 29.3 Å².